The van der Waals surface area contributed by atoms with E-state index in [9.17, 15) is 18.3 Å². The van der Waals surface area contributed by atoms with Crippen LogP contribution in [-0.4, -0.2) is 66.7 Å². The molecule has 0 unspecified atom stereocenters. The predicted octanol–water partition coefficient (Wildman–Crippen LogP) is 0.0314. The second-order valence-electron chi connectivity index (χ2n) is 5.63. The smallest absolute Gasteiger partial charge is 0.225 e. The minimum Gasteiger partial charge on any atom is -0.393 e. The Morgan fingerprint density at radius 1 is 1.10 bits per heavy atom. The van der Waals surface area contributed by atoms with Gasteiger partial charge in [0.05, 0.1) is 11.9 Å². The number of likely N-dealkylation sites (tertiary alicyclic amines) is 1. The lowest BCUT2D eigenvalue weighted by molar-refractivity contribution is -0.138. The average molecular weight is 304 g/mol. The Morgan fingerprint density at radius 2 is 1.65 bits per heavy atom. The van der Waals surface area contributed by atoms with Crippen molar-refractivity contribution in [3.63, 3.8) is 0 Å². The Labute approximate surface area is 120 Å². The molecule has 0 bridgehead atoms. The summed E-state index contributed by atoms with van der Waals surface area (Å²) in [7, 11) is -3.13. The standard InChI is InChI=1S/C13H24N2O4S/c1-2-20(18,19)15-9-3-11(4-10-15)13(17)14-7-5-12(16)6-8-14/h11-12,16H,2-10H2,1H3. The molecule has 2 aliphatic rings. The predicted molar refractivity (Wildman–Crippen MR) is 75.6 cm³/mol. The van der Waals surface area contributed by atoms with Crippen LogP contribution < -0.4 is 0 Å². The minimum atomic E-state index is -3.13. The van der Waals surface area contributed by atoms with E-state index in [2.05, 4.69) is 0 Å². The highest BCUT2D eigenvalue weighted by atomic mass is 32.2. The molecule has 2 rings (SSSR count). The summed E-state index contributed by atoms with van der Waals surface area (Å²) in [5.41, 5.74) is 0. The summed E-state index contributed by atoms with van der Waals surface area (Å²) >= 11 is 0. The average Bonchev–Trinajstić information content (AvgIpc) is 2.47. The number of carbonyl (C=O) groups is 1. The second kappa shape index (κ2) is 6.41. The second-order valence-corrected chi connectivity index (χ2v) is 7.89. The van der Waals surface area contributed by atoms with Gasteiger partial charge in [0, 0.05) is 32.1 Å². The van der Waals surface area contributed by atoms with Crippen molar-refractivity contribution in [1.82, 2.24) is 9.21 Å². The summed E-state index contributed by atoms with van der Waals surface area (Å²) in [6.07, 6.45) is 2.23. The summed E-state index contributed by atoms with van der Waals surface area (Å²) in [5, 5.41) is 9.46. The van der Waals surface area contributed by atoms with Gasteiger partial charge in [0.1, 0.15) is 0 Å². The van der Waals surface area contributed by atoms with Gasteiger partial charge in [-0.2, -0.15) is 0 Å². The lowest BCUT2D eigenvalue weighted by Crippen LogP contribution is -2.47. The first-order chi connectivity index (χ1) is 9.44. The van der Waals surface area contributed by atoms with Crippen molar-refractivity contribution in [2.45, 2.75) is 38.7 Å². The fraction of sp³-hybridized carbons (Fsp3) is 0.923. The van der Waals surface area contributed by atoms with Crippen molar-refractivity contribution in [3.05, 3.63) is 0 Å². The van der Waals surface area contributed by atoms with Gasteiger partial charge in [0.2, 0.25) is 15.9 Å². The zero-order valence-electron chi connectivity index (χ0n) is 12.0. The highest BCUT2D eigenvalue weighted by molar-refractivity contribution is 7.89. The van der Waals surface area contributed by atoms with Gasteiger partial charge in [-0.1, -0.05) is 0 Å². The summed E-state index contributed by atoms with van der Waals surface area (Å²) in [4.78, 5) is 14.2. The van der Waals surface area contributed by atoms with Gasteiger partial charge in [-0.3, -0.25) is 4.79 Å². The molecule has 7 heteroatoms. The van der Waals surface area contributed by atoms with Crippen LogP contribution in [0.2, 0.25) is 0 Å². The first-order valence-electron chi connectivity index (χ1n) is 7.38. The Balaban J connectivity index is 1.86. The lowest BCUT2D eigenvalue weighted by Gasteiger charge is -2.36. The minimum absolute atomic E-state index is 0.0615. The van der Waals surface area contributed by atoms with E-state index in [1.807, 2.05) is 4.90 Å². The maximum atomic E-state index is 12.4. The van der Waals surface area contributed by atoms with Crippen LogP contribution in [0.1, 0.15) is 32.6 Å². The van der Waals surface area contributed by atoms with Gasteiger partial charge >= 0.3 is 0 Å². The van der Waals surface area contributed by atoms with Gasteiger partial charge < -0.3 is 10.0 Å². The van der Waals surface area contributed by atoms with Gasteiger partial charge in [-0.05, 0) is 32.6 Å². The molecule has 0 saturated carbocycles. The Kier molecular flexibility index (Phi) is 5.04. The highest BCUT2D eigenvalue weighted by Crippen LogP contribution is 2.23. The number of rotatable bonds is 3. The fourth-order valence-electron chi connectivity index (χ4n) is 2.91. The van der Waals surface area contributed by atoms with Crippen molar-refractivity contribution in [2.75, 3.05) is 31.9 Å². The molecular weight excluding hydrogens is 280 g/mol. The molecule has 1 N–H and O–H groups in total. The quantitative estimate of drug-likeness (QED) is 0.798. The number of aliphatic hydroxyl groups is 1. The SMILES string of the molecule is CCS(=O)(=O)N1CCC(C(=O)N2CCC(O)CC2)CC1. The Hall–Kier alpha value is -0.660. The third-order valence-corrected chi connectivity index (χ3v) is 6.22. The van der Waals surface area contributed by atoms with E-state index in [0.29, 0.717) is 51.9 Å². The molecule has 2 aliphatic heterocycles. The number of hydrogen-bond donors (Lipinski definition) is 1. The molecule has 116 valence electrons. The van der Waals surface area contributed by atoms with Crippen molar-refractivity contribution in [3.8, 4) is 0 Å². The molecule has 2 saturated heterocycles. The first kappa shape index (κ1) is 15.7. The summed E-state index contributed by atoms with van der Waals surface area (Å²) in [6.45, 7) is 3.78. The van der Waals surface area contributed by atoms with Crippen LogP contribution in [0.5, 0.6) is 0 Å². The molecule has 0 aliphatic carbocycles. The normalized spacial score (nSPS) is 24.0. The van der Waals surface area contributed by atoms with Crippen LogP contribution in [0.25, 0.3) is 0 Å². The molecule has 0 aromatic rings. The highest BCUT2D eigenvalue weighted by Gasteiger charge is 2.33. The number of piperidine rings is 2. The first-order valence-corrected chi connectivity index (χ1v) is 8.99. The third-order valence-electron chi connectivity index (χ3n) is 4.34. The molecule has 6 nitrogen and oxygen atoms in total. The summed E-state index contributed by atoms with van der Waals surface area (Å²) in [5.74, 6) is 0.189. The number of amides is 1. The number of nitrogens with zero attached hydrogens (tertiary/aromatic N) is 2. The number of aliphatic hydroxyl groups excluding tert-OH is 1. The van der Waals surface area contributed by atoms with Crippen LogP contribution in [-0.2, 0) is 14.8 Å². The molecule has 0 aromatic heterocycles. The van der Waals surface area contributed by atoms with Crippen molar-refractivity contribution < 1.29 is 18.3 Å². The molecule has 2 heterocycles. The van der Waals surface area contributed by atoms with Crippen LogP contribution in [0.4, 0.5) is 0 Å². The molecular formula is C13H24N2O4S. The molecule has 0 radical (unpaired) electrons. The Morgan fingerprint density at radius 3 is 2.15 bits per heavy atom. The van der Waals surface area contributed by atoms with Crippen LogP contribution in [0.15, 0.2) is 0 Å². The molecule has 0 aromatic carbocycles. The monoisotopic (exact) mass is 304 g/mol. The van der Waals surface area contributed by atoms with Crippen LogP contribution in [0.3, 0.4) is 0 Å². The topological polar surface area (TPSA) is 77.9 Å². The third kappa shape index (κ3) is 3.51. The number of carbonyl (C=O) groups excluding carboxylic acids is 1. The number of hydrogen-bond acceptors (Lipinski definition) is 4. The molecule has 1 amide bonds. The van der Waals surface area contributed by atoms with Gasteiger partial charge in [-0.25, -0.2) is 12.7 Å². The van der Waals surface area contributed by atoms with E-state index in [1.54, 1.807) is 6.92 Å². The molecule has 20 heavy (non-hydrogen) atoms. The zero-order chi connectivity index (χ0) is 14.8. The number of sulfonamides is 1. The van der Waals surface area contributed by atoms with Gasteiger partial charge in [0.25, 0.3) is 0 Å². The summed E-state index contributed by atoms with van der Waals surface area (Å²) in [6, 6.07) is 0. The van der Waals surface area contributed by atoms with Crippen molar-refractivity contribution in [2.24, 2.45) is 5.92 Å². The zero-order valence-corrected chi connectivity index (χ0v) is 12.8. The maximum absolute atomic E-state index is 12.4. The molecule has 0 atom stereocenters. The fourth-order valence-corrected chi connectivity index (χ4v) is 4.04. The van der Waals surface area contributed by atoms with E-state index in [-0.39, 0.29) is 23.7 Å². The van der Waals surface area contributed by atoms with Crippen molar-refractivity contribution >= 4 is 15.9 Å². The molecule has 0 spiro atoms. The Bertz CT molecular complexity index is 435. The van der Waals surface area contributed by atoms with Crippen molar-refractivity contribution in [1.29, 1.82) is 0 Å². The summed E-state index contributed by atoms with van der Waals surface area (Å²) < 4.78 is 25.0. The van der Waals surface area contributed by atoms with E-state index in [4.69, 9.17) is 0 Å². The van der Waals surface area contributed by atoms with Gasteiger partial charge in [-0.15, -0.1) is 0 Å². The van der Waals surface area contributed by atoms with Crippen LogP contribution in [0, 0.1) is 5.92 Å². The van der Waals surface area contributed by atoms with Crippen LogP contribution >= 0.6 is 0 Å². The van der Waals surface area contributed by atoms with E-state index < -0.39 is 10.0 Å². The maximum Gasteiger partial charge on any atom is 0.225 e. The van der Waals surface area contributed by atoms with E-state index >= 15 is 0 Å². The largest absolute Gasteiger partial charge is 0.393 e. The van der Waals surface area contributed by atoms with E-state index in [0.717, 1.165) is 0 Å². The van der Waals surface area contributed by atoms with Gasteiger partial charge in [0.15, 0.2) is 0 Å². The van der Waals surface area contributed by atoms with E-state index in [1.165, 1.54) is 4.31 Å². The molecule has 2 fully saturated rings. The lowest BCUT2D eigenvalue weighted by atomic mass is 9.95.